The van der Waals surface area contributed by atoms with E-state index >= 15 is 0 Å². The Morgan fingerprint density at radius 2 is 1.88 bits per heavy atom. The second kappa shape index (κ2) is 4.55. The Hall–Kier alpha value is -0.660. The highest BCUT2D eigenvalue weighted by Crippen LogP contribution is 2.28. The molecule has 1 atom stereocenters. The van der Waals surface area contributed by atoms with Crippen LogP contribution in [0.15, 0.2) is 0 Å². The summed E-state index contributed by atoms with van der Waals surface area (Å²) in [7, 11) is -1.97. The van der Waals surface area contributed by atoms with Crippen LogP contribution in [0, 0.1) is 5.92 Å². The van der Waals surface area contributed by atoms with Gasteiger partial charge in [0.05, 0.1) is 6.42 Å². The van der Waals surface area contributed by atoms with Crippen LogP contribution in [0.4, 0.5) is 0 Å². The third-order valence-corrected chi connectivity index (χ3v) is 5.01. The van der Waals surface area contributed by atoms with E-state index in [-0.39, 0.29) is 25.4 Å². The molecule has 0 saturated carbocycles. The Balaban J connectivity index is 2.97. The molecule has 1 aliphatic heterocycles. The van der Waals surface area contributed by atoms with Crippen LogP contribution in [0.25, 0.3) is 0 Å². The van der Waals surface area contributed by atoms with E-state index in [0.717, 1.165) is 0 Å². The van der Waals surface area contributed by atoms with Gasteiger partial charge in [-0.15, -0.1) is 0 Å². The highest BCUT2D eigenvalue weighted by molar-refractivity contribution is 7.86. The quantitative estimate of drug-likeness (QED) is 0.781. The normalized spacial score (nSPS) is 26.9. The predicted octanol–water partition coefficient (Wildman–Crippen LogP) is 0.368. The molecule has 1 rings (SSSR count). The Morgan fingerprint density at radius 1 is 1.35 bits per heavy atom. The van der Waals surface area contributed by atoms with E-state index in [1.54, 1.807) is 0 Å². The van der Waals surface area contributed by atoms with Crippen molar-refractivity contribution in [1.82, 2.24) is 8.61 Å². The monoisotopic (exact) mass is 264 g/mol. The molecule has 0 amide bonds. The van der Waals surface area contributed by atoms with Crippen molar-refractivity contribution in [3.8, 4) is 0 Å². The number of nitrogens with zero attached hydrogens (tertiary/aromatic N) is 2. The van der Waals surface area contributed by atoms with Crippen LogP contribution in [-0.4, -0.2) is 53.8 Å². The van der Waals surface area contributed by atoms with Crippen LogP contribution in [0.2, 0.25) is 0 Å². The summed E-state index contributed by atoms with van der Waals surface area (Å²) in [6, 6.07) is 0. The molecule has 1 aliphatic rings. The van der Waals surface area contributed by atoms with Crippen LogP contribution >= 0.6 is 0 Å². The molecule has 0 spiro atoms. The van der Waals surface area contributed by atoms with Crippen molar-refractivity contribution in [2.45, 2.75) is 32.7 Å². The van der Waals surface area contributed by atoms with Crippen molar-refractivity contribution in [3.63, 3.8) is 0 Å². The van der Waals surface area contributed by atoms with Gasteiger partial charge in [-0.3, -0.25) is 4.79 Å². The molecular formula is C10H20N2O4S. The molecule has 0 aromatic rings. The third-order valence-electron chi connectivity index (χ3n) is 2.82. The number of carboxylic acid groups (broad SMARTS) is 1. The van der Waals surface area contributed by atoms with Crippen molar-refractivity contribution in [2.75, 3.05) is 20.1 Å². The largest absolute Gasteiger partial charge is 0.481 e. The van der Waals surface area contributed by atoms with E-state index in [0.29, 0.717) is 0 Å². The summed E-state index contributed by atoms with van der Waals surface area (Å²) in [5, 5.41) is 8.78. The molecule has 1 fully saturated rings. The van der Waals surface area contributed by atoms with Crippen molar-refractivity contribution in [1.29, 1.82) is 0 Å². The van der Waals surface area contributed by atoms with Gasteiger partial charge < -0.3 is 5.11 Å². The zero-order chi connectivity index (χ0) is 13.4. The van der Waals surface area contributed by atoms with Gasteiger partial charge in [0.15, 0.2) is 0 Å². The molecule has 0 radical (unpaired) electrons. The zero-order valence-corrected chi connectivity index (χ0v) is 11.5. The Bertz CT molecular complexity index is 399. The van der Waals surface area contributed by atoms with Gasteiger partial charge in [0, 0.05) is 25.7 Å². The fourth-order valence-corrected chi connectivity index (χ4v) is 3.84. The first-order valence-corrected chi connectivity index (χ1v) is 6.90. The first kappa shape index (κ1) is 14.4. The van der Waals surface area contributed by atoms with Crippen molar-refractivity contribution in [2.24, 2.45) is 5.92 Å². The Morgan fingerprint density at radius 3 is 2.29 bits per heavy atom. The molecule has 1 N–H and O–H groups in total. The maximum absolute atomic E-state index is 12.1. The van der Waals surface area contributed by atoms with Crippen LogP contribution in [0.1, 0.15) is 27.2 Å². The van der Waals surface area contributed by atoms with E-state index < -0.39 is 21.7 Å². The third kappa shape index (κ3) is 3.17. The average Bonchev–Trinajstić information content (AvgIpc) is 2.08. The molecule has 7 heteroatoms. The summed E-state index contributed by atoms with van der Waals surface area (Å²) in [5.41, 5.74) is -0.537. The molecule has 100 valence electrons. The molecule has 0 aromatic heterocycles. The Kier molecular flexibility index (Phi) is 3.85. The van der Waals surface area contributed by atoms with E-state index in [2.05, 4.69) is 0 Å². The molecule has 0 aliphatic carbocycles. The van der Waals surface area contributed by atoms with Crippen molar-refractivity contribution in [3.05, 3.63) is 0 Å². The van der Waals surface area contributed by atoms with E-state index in [1.807, 2.05) is 20.8 Å². The second-order valence-corrected chi connectivity index (χ2v) is 7.41. The molecular weight excluding hydrogens is 244 g/mol. The molecule has 1 saturated heterocycles. The molecule has 1 heterocycles. The fourth-order valence-electron chi connectivity index (χ4n) is 2.01. The van der Waals surface area contributed by atoms with E-state index in [9.17, 15) is 13.2 Å². The van der Waals surface area contributed by atoms with Crippen molar-refractivity contribution < 1.29 is 18.3 Å². The summed E-state index contributed by atoms with van der Waals surface area (Å²) >= 11 is 0. The lowest BCUT2D eigenvalue weighted by molar-refractivity contribution is -0.138. The summed E-state index contributed by atoms with van der Waals surface area (Å²) in [6.07, 6.45) is -0.00750. The molecule has 1 unspecified atom stereocenters. The van der Waals surface area contributed by atoms with Crippen LogP contribution in [0.5, 0.6) is 0 Å². The van der Waals surface area contributed by atoms with Gasteiger partial charge in [-0.05, 0) is 26.7 Å². The van der Waals surface area contributed by atoms with Gasteiger partial charge in [0.2, 0.25) is 0 Å². The maximum atomic E-state index is 12.1. The van der Waals surface area contributed by atoms with Crippen LogP contribution in [0.3, 0.4) is 0 Å². The van der Waals surface area contributed by atoms with Crippen LogP contribution < -0.4 is 0 Å². The fraction of sp³-hybridized carbons (Fsp3) is 0.900. The lowest BCUT2D eigenvalue weighted by Crippen LogP contribution is -2.58. The first-order chi connectivity index (χ1) is 7.55. The zero-order valence-electron chi connectivity index (χ0n) is 10.7. The predicted molar refractivity (Wildman–Crippen MR) is 63.8 cm³/mol. The van der Waals surface area contributed by atoms with Gasteiger partial charge in [0.25, 0.3) is 10.2 Å². The highest BCUT2D eigenvalue weighted by Gasteiger charge is 2.42. The number of aliphatic carboxylic acids is 1. The van der Waals surface area contributed by atoms with E-state index in [4.69, 9.17) is 5.11 Å². The van der Waals surface area contributed by atoms with Gasteiger partial charge in [-0.25, -0.2) is 0 Å². The topological polar surface area (TPSA) is 77.9 Å². The lowest BCUT2D eigenvalue weighted by atomic mass is 10.0. The number of hydrogen-bond acceptors (Lipinski definition) is 3. The highest BCUT2D eigenvalue weighted by atomic mass is 32.2. The summed E-state index contributed by atoms with van der Waals surface area (Å²) in [4.78, 5) is 10.7. The van der Waals surface area contributed by atoms with Gasteiger partial charge >= 0.3 is 5.97 Å². The van der Waals surface area contributed by atoms with Gasteiger partial charge in [0.1, 0.15) is 0 Å². The first-order valence-electron chi connectivity index (χ1n) is 5.51. The van der Waals surface area contributed by atoms with Crippen molar-refractivity contribution >= 4 is 16.2 Å². The summed E-state index contributed by atoms with van der Waals surface area (Å²) in [6.45, 7) is 5.95. The lowest BCUT2D eigenvalue weighted by Gasteiger charge is -2.43. The number of carboxylic acids is 1. The molecule has 6 nitrogen and oxygen atoms in total. The minimum atomic E-state index is -3.45. The smallest absolute Gasteiger partial charge is 0.303 e. The SMILES string of the molecule is CN1CC(CC(=O)O)CN(C(C)(C)C)S1(=O)=O. The van der Waals surface area contributed by atoms with Gasteiger partial charge in [-0.1, -0.05) is 0 Å². The van der Waals surface area contributed by atoms with E-state index in [1.165, 1.54) is 15.7 Å². The number of hydrogen-bond donors (Lipinski definition) is 1. The van der Waals surface area contributed by atoms with Gasteiger partial charge in [-0.2, -0.15) is 17.0 Å². The molecule has 0 aromatic carbocycles. The number of carbonyl (C=O) groups is 1. The second-order valence-electron chi connectivity index (χ2n) is 5.45. The van der Waals surface area contributed by atoms with Crippen LogP contribution in [-0.2, 0) is 15.0 Å². The molecule has 17 heavy (non-hydrogen) atoms. The minimum Gasteiger partial charge on any atom is -0.481 e. The summed E-state index contributed by atoms with van der Waals surface area (Å²) < 4.78 is 26.8. The molecule has 0 bridgehead atoms. The average molecular weight is 264 g/mol. The number of rotatable bonds is 2. The summed E-state index contributed by atoms with van der Waals surface area (Å²) in [5.74, 6) is -1.06. The standard InChI is InChI=1S/C10H20N2O4S/c1-10(2,3)12-7-8(5-9(13)14)6-11(4)17(12,15)16/h8H,5-7H2,1-4H3,(H,13,14). The Labute approximate surface area is 102 Å². The maximum Gasteiger partial charge on any atom is 0.303 e. The minimum absolute atomic E-state index is 0.00750.